The molecule has 1 rings (SSSR count). The van der Waals surface area contributed by atoms with Crippen LogP contribution in [0.25, 0.3) is 0 Å². The van der Waals surface area contributed by atoms with Gasteiger partial charge in [0.1, 0.15) is 0 Å². The quantitative estimate of drug-likeness (QED) is 0.833. The number of aliphatic hydroxyl groups is 1. The molecule has 114 valence electrons. The van der Waals surface area contributed by atoms with Gasteiger partial charge in [-0.25, -0.2) is 8.42 Å². The van der Waals surface area contributed by atoms with E-state index in [9.17, 15) is 26.7 Å². The van der Waals surface area contributed by atoms with E-state index in [0.717, 1.165) is 0 Å². The smallest absolute Gasteiger partial charge is 0.380 e. The van der Waals surface area contributed by atoms with Crippen molar-refractivity contribution in [1.29, 1.82) is 0 Å². The van der Waals surface area contributed by atoms with E-state index < -0.39 is 32.9 Å². The third-order valence-corrected chi connectivity index (χ3v) is 6.30. The maximum Gasteiger partial charge on any atom is 0.418 e. The highest BCUT2D eigenvalue weighted by atomic mass is 32.2. The van der Waals surface area contributed by atoms with E-state index in [4.69, 9.17) is 0 Å². The number of alkyl halides is 3. The summed E-state index contributed by atoms with van der Waals surface area (Å²) in [7, 11) is -3.33. The lowest BCUT2D eigenvalue weighted by atomic mass is 10.0. The van der Waals surface area contributed by atoms with Crippen LogP contribution in [0, 0.1) is 0 Å². The van der Waals surface area contributed by atoms with Crippen LogP contribution in [0.15, 0.2) is 0 Å². The van der Waals surface area contributed by atoms with Crippen molar-refractivity contribution in [2.45, 2.75) is 43.7 Å². The van der Waals surface area contributed by atoms with Crippen molar-refractivity contribution in [3.63, 3.8) is 0 Å². The topological polar surface area (TPSA) is 57.6 Å². The zero-order chi connectivity index (χ0) is 15.1. The lowest BCUT2D eigenvalue weighted by Gasteiger charge is -2.32. The van der Waals surface area contributed by atoms with Crippen LogP contribution < -0.4 is 0 Å². The van der Waals surface area contributed by atoms with Crippen molar-refractivity contribution in [3.05, 3.63) is 0 Å². The van der Waals surface area contributed by atoms with Crippen molar-refractivity contribution < 1.29 is 26.7 Å². The number of β-amino-alcohol motifs (C(OH)–C–C–N with tert-alkyl or cyclic N) is 1. The van der Waals surface area contributed by atoms with E-state index in [1.54, 1.807) is 13.8 Å². The predicted molar refractivity (Wildman–Crippen MR) is 65.6 cm³/mol. The summed E-state index contributed by atoms with van der Waals surface area (Å²) in [5, 5.41) is 9.44. The van der Waals surface area contributed by atoms with Crippen molar-refractivity contribution >= 4 is 9.84 Å². The number of nitrogens with zero attached hydrogens (tertiary/aromatic N) is 1. The Bertz CT molecular complexity index is 429. The minimum absolute atomic E-state index is 0.0119. The van der Waals surface area contributed by atoms with Crippen LogP contribution in [0.5, 0.6) is 0 Å². The number of hydrogen-bond acceptors (Lipinski definition) is 4. The molecule has 8 heteroatoms. The Balaban J connectivity index is 2.80. The summed E-state index contributed by atoms with van der Waals surface area (Å²) < 4.78 is 60.7. The number of halogens is 3. The predicted octanol–water partition coefficient (Wildman–Crippen LogP) is 1.20. The van der Waals surface area contributed by atoms with Crippen LogP contribution in [0.1, 0.15) is 27.2 Å². The molecule has 1 atom stereocenters. The van der Waals surface area contributed by atoms with Gasteiger partial charge in [-0.15, -0.1) is 0 Å². The molecule has 1 saturated heterocycles. The molecule has 1 aliphatic rings. The Morgan fingerprint density at radius 1 is 1.26 bits per heavy atom. The molecule has 1 aliphatic heterocycles. The van der Waals surface area contributed by atoms with E-state index in [1.807, 2.05) is 0 Å². The second kappa shape index (κ2) is 4.89. The molecule has 1 heterocycles. The van der Waals surface area contributed by atoms with Gasteiger partial charge in [-0.3, -0.25) is 4.90 Å². The Labute approximate surface area is 111 Å². The maximum atomic E-state index is 12.6. The molecule has 1 unspecified atom stereocenters. The molecule has 0 radical (unpaired) electrons. The van der Waals surface area contributed by atoms with E-state index in [-0.39, 0.29) is 25.3 Å². The van der Waals surface area contributed by atoms with Gasteiger partial charge in [0.15, 0.2) is 15.4 Å². The summed E-state index contributed by atoms with van der Waals surface area (Å²) in [5.74, 6) is -0.187. The molecule has 1 fully saturated rings. The van der Waals surface area contributed by atoms with Gasteiger partial charge in [-0.1, -0.05) is 0 Å². The third-order valence-electron chi connectivity index (χ3n) is 3.69. The number of hydrogen-bond donors (Lipinski definition) is 1. The van der Waals surface area contributed by atoms with E-state index in [0.29, 0.717) is 6.92 Å². The zero-order valence-corrected chi connectivity index (χ0v) is 12.1. The Hall–Kier alpha value is -0.340. The van der Waals surface area contributed by atoms with Gasteiger partial charge in [-0.05, 0) is 33.7 Å². The molecule has 0 aromatic carbocycles. The Kier molecular flexibility index (Phi) is 4.30. The lowest BCUT2D eigenvalue weighted by molar-refractivity contribution is -0.257. The van der Waals surface area contributed by atoms with Gasteiger partial charge < -0.3 is 5.11 Å². The molecule has 0 aromatic rings. The van der Waals surface area contributed by atoms with Gasteiger partial charge in [0, 0.05) is 13.1 Å². The van der Waals surface area contributed by atoms with Crippen LogP contribution in [0.4, 0.5) is 13.2 Å². The van der Waals surface area contributed by atoms with Crippen molar-refractivity contribution in [1.82, 2.24) is 4.90 Å². The molecular weight excluding hydrogens is 283 g/mol. The summed E-state index contributed by atoms with van der Waals surface area (Å²) in [6.45, 7) is 3.48. The first-order chi connectivity index (χ1) is 8.29. The monoisotopic (exact) mass is 303 g/mol. The summed E-state index contributed by atoms with van der Waals surface area (Å²) in [6, 6.07) is 0. The van der Waals surface area contributed by atoms with Crippen molar-refractivity contribution in [2.24, 2.45) is 0 Å². The van der Waals surface area contributed by atoms with Gasteiger partial charge in [0.25, 0.3) is 0 Å². The SMILES string of the molecule is CC(O)(CN1CCC(C)(C)S(=O)(=O)CC1)C(F)(F)F. The molecule has 19 heavy (non-hydrogen) atoms. The molecule has 0 aromatic heterocycles. The Morgan fingerprint density at radius 2 is 1.79 bits per heavy atom. The highest BCUT2D eigenvalue weighted by molar-refractivity contribution is 7.92. The molecule has 0 bridgehead atoms. The normalized spacial score (nSPS) is 27.5. The highest BCUT2D eigenvalue weighted by Gasteiger charge is 2.51. The molecule has 0 spiro atoms. The van der Waals surface area contributed by atoms with Gasteiger partial charge in [0.2, 0.25) is 0 Å². The molecule has 1 N–H and O–H groups in total. The van der Waals surface area contributed by atoms with Gasteiger partial charge in [0.05, 0.1) is 10.5 Å². The standard InChI is InChI=1S/C11H20F3NO3S/c1-9(2)4-5-15(6-7-19(9,17)18)8-10(3,16)11(12,13)14/h16H,4-8H2,1-3H3. The zero-order valence-electron chi connectivity index (χ0n) is 11.3. The first-order valence-corrected chi connectivity index (χ1v) is 7.67. The lowest BCUT2D eigenvalue weighted by Crippen LogP contribution is -2.51. The maximum absolute atomic E-state index is 12.6. The van der Waals surface area contributed by atoms with Crippen molar-refractivity contribution in [3.8, 4) is 0 Å². The Morgan fingerprint density at radius 3 is 2.26 bits per heavy atom. The van der Waals surface area contributed by atoms with Gasteiger partial charge >= 0.3 is 6.18 Å². The second-order valence-electron chi connectivity index (χ2n) is 5.88. The first-order valence-electron chi connectivity index (χ1n) is 6.02. The molecule has 0 saturated carbocycles. The molecular formula is C11H20F3NO3S. The minimum Gasteiger partial charge on any atom is -0.380 e. The molecule has 0 aliphatic carbocycles. The van der Waals surface area contributed by atoms with E-state index >= 15 is 0 Å². The van der Waals surface area contributed by atoms with Crippen LogP contribution in [0.3, 0.4) is 0 Å². The van der Waals surface area contributed by atoms with Crippen LogP contribution in [-0.2, 0) is 9.84 Å². The largest absolute Gasteiger partial charge is 0.418 e. The molecule has 4 nitrogen and oxygen atoms in total. The highest BCUT2D eigenvalue weighted by Crippen LogP contribution is 2.32. The van der Waals surface area contributed by atoms with E-state index in [2.05, 4.69) is 0 Å². The number of rotatable bonds is 2. The van der Waals surface area contributed by atoms with Crippen LogP contribution in [-0.4, -0.2) is 60.3 Å². The average Bonchev–Trinajstić information content (AvgIpc) is 2.27. The third kappa shape index (κ3) is 3.61. The van der Waals surface area contributed by atoms with Crippen LogP contribution in [0.2, 0.25) is 0 Å². The average molecular weight is 303 g/mol. The molecule has 0 amide bonds. The number of sulfone groups is 1. The fourth-order valence-corrected chi connectivity index (χ4v) is 3.36. The van der Waals surface area contributed by atoms with Crippen LogP contribution >= 0.6 is 0 Å². The first kappa shape index (κ1) is 16.7. The van der Waals surface area contributed by atoms with Crippen molar-refractivity contribution in [2.75, 3.05) is 25.4 Å². The minimum atomic E-state index is -4.73. The summed E-state index contributed by atoms with van der Waals surface area (Å²) in [5.41, 5.74) is -2.83. The summed E-state index contributed by atoms with van der Waals surface area (Å²) >= 11 is 0. The summed E-state index contributed by atoms with van der Waals surface area (Å²) in [4.78, 5) is 1.36. The fourth-order valence-electron chi connectivity index (χ4n) is 1.90. The summed E-state index contributed by atoms with van der Waals surface area (Å²) in [6.07, 6.45) is -4.48. The van der Waals surface area contributed by atoms with Gasteiger partial charge in [-0.2, -0.15) is 13.2 Å². The second-order valence-corrected chi connectivity index (χ2v) is 8.62. The fraction of sp³-hybridized carbons (Fsp3) is 1.00. The van der Waals surface area contributed by atoms with E-state index in [1.165, 1.54) is 4.90 Å².